The molecule has 1 aliphatic heterocycles. The molecule has 26 heavy (non-hydrogen) atoms. The van der Waals surface area contributed by atoms with Gasteiger partial charge in [-0.05, 0) is 34.4 Å². The van der Waals surface area contributed by atoms with E-state index in [0.717, 1.165) is 16.8 Å². The summed E-state index contributed by atoms with van der Waals surface area (Å²) < 4.78 is 1.43. The predicted molar refractivity (Wildman–Crippen MR) is 99.9 cm³/mol. The standard InChI is InChI=1S/C18H17N5O2S/c1-22-8-14(13(6-16(22)24)12-3-5-26-10-12)17(25)23-4-2-11-7-20-18(19)21-15(11)9-23/h3,5-8,10H,2,4,9H2,1H3,(H2,19,20,21). The first kappa shape index (κ1) is 16.5. The minimum Gasteiger partial charge on any atom is -0.368 e. The third-order valence-electron chi connectivity index (χ3n) is 4.54. The van der Waals surface area contributed by atoms with Gasteiger partial charge in [0, 0.05) is 37.6 Å². The Kier molecular flexibility index (Phi) is 4.04. The van der Waals surface area contributed by atoms with Crippen molar-refractivity contribution in [1.29, 1.82) is 0 Å². The molecule has 0 spiro atoms. The van der Waals surface area contributed by atoms with E-state index >= 15 is 0 Å². The summed E-state index contributed by atoms with van der Waals surface area (Å²) in [6.07, 6.45) is 4.02. The van der Waals surface area contributed by atoms with Gasteiger partial charge in [0.25, 0.3) is 11.5 Å². The number of pyridine rings is 1. The first-order valence-corrected chi connectivity index (χ1v) is 9.10. The molecule has 4 rings (SSSR count). The number of rotatable bonds is 2. The van der Waals surface area contributed by atoms with Crippen molar-refractivity contribution in [3.63, 3.8) is 0 Å². The first-order chi connectivity index (χ1) is 12.5. The van der Waals surface area contributed by atoms with Gasteiger partial charge in [-0.3, -0.25) is 9.59 Å². The molecule has 0 fully saturated rings. The molecule has 0 radical (unpaired) electrons. The fourth-order valence-electron chi connectivity index (χ4n) is 3.12. The predicted octanol–water partition coefficient (Wildman–Crippen LogP) is 1.68. The van der Waals surface area contributed by atoms with Crippen LogP contribution in [0.1, 0.15) is 21.6 Å². The van der Waals surface area contributed by atoms with E-state index in [1.165, 1.54) is 22.0 Å². The smallest absolute Gasteiger partial charge is 0.256 e. The summed E-state index contributed by atoms with van der Waals surface area (Å²) in [7, 11) is 1.65. The molecule has 1 aliphatic rings. The topological polar surface area (TPSA) is 94.1 Å². The normalized spacial score (nSPS) is 13.5. The number of anilines is 1. The van der Waals surface area contributed by atoms with Gasteiger partial charge in [0.2, 0.25) is 5.95 Å². The Morgan fingerprint density at radius 1 is 1.38 bits per heavy atom. The average molecular weight is 367 g/mol. The molecule has 0 unspecified atom stereocenters. The summed E-state index contributed by atoms with van der Waals surface area (Å²) in [5.41, 5.74) is 9.37. The molecule has 8 heteroatoms. The number of hydrogen-bond acceptors (Lipinski definition) is 6. The number of thiophene rings is 1. The van der Waals surface area contributed by atoms with Crippen LogP contribution in [-0.2, 0) is 20.0 Å². The van der Waals surface area contributed by atoms with Gasteiger partial charge >= 0.3 is 0 Å². The highest BCUT2D eigenvalue weighted by Gasteiger charge is 2.26. The van der Waals surface area contributed by atoms with Crippen LogP contribution in [0.3, 0.4) is 0 Å². The van der Waals surface area contributed by atoms with E-state index < -0.39 is 0 Å². The minimum absolute atomic E-state index is 0.121. The monoisotopic (exact) mass is 367 g/mol. The highest BCUT2D eigenvalue weighted by molar-refractivity contribution is 7.08. The lowest BCUT2D eigenvalue weighted by molar-refractivity contribution is 0.0731. The fourth-order valence-corrected chi connectivity index (χ4v) is 3.77. The van der Waals surface area contributed by atoms with E-state index in [2.05, 4.69) is 9.97 Å². The van der Waals surface area contributed by atoms with Crippen molar-refractivity contribution in [2.24, 2.45) is 7.05 Å². The number of carbonyl (C=O) groups is 1. The summed E-state index contributed by atoms with van der Waals surface area (Å²) in [5, 5.41) is 3.86. The number of hydrogen-bond donors (Lipinski definition) is 1. The van der Waals surface area contributed by atoms with Crippen LogP contribution in [0, 0.1) is 0 Å². The first-order valence-electron chi connectivity index (χ1n) is 8.15. The summed E-state index contributed by atoms with van der Waals surface area (Å²) in [5.74, 6) is 0.0868. The van der Waals surface area contributed by atoms with Gasteiger partial charge in [0.1, 0.15) is 0 Å². The van der Waals surface area contributed by atoms with Gasteiger partial charge in [-0.15, -0.1) is 0 Å². The molecular formula is C18H17N5O2S. The third-order valence-corrected chi connectivity index (χ3v) is 5.23. The Labute approximate surface area is 153 Å². The quantitative estimate of drug-likeness (QED) is 0.744. The summed E-state index contributed by atoms with van der Waals surface area (Å²) in [6.45, 7) is 0.956. The number of fused-ring (bicyclic) bond motifs is 1. The van der Waals surface area contributed by atoms with Crippen molar-refractivity contribution in [2.45, 2.75) is 13.0 Å². The minimum atomic E-state index is -0.146. The molecule has 4 heterocycles. The van der Waals surface area contributed by atoms with Crippen LogP contribution in [0.5, 0.6) is 0 Å². The molecule has 2 N–H and O–H groups in total. The Morgan fingerprint density at radius 2 is 2.23 bits per heavy atom. The number of aryl methyl sites for hydroxylation is 1. The zero-order valence-electron chi connectivity index (χ0n) is 14.2. The largest absolute Gasteiger partial charge is 0.368 e. The molecular weight excluding hydrogens is 350 g/mol. The highest BCUT2D eigenvalue weighted by Crippen LogP contribution is 2.27. The van der Waals surface area contributed by atoms with Crippen LogP contribution in [-0.4, -0.2) is 31.9 Å². The maximum atomic E-state index is 13.2. The van der Waals surface area contributed by atoms with Crippen LogP contribution in [0.2, 0.25) is 0 Å². The fraction of sp³-hybridized carbons (Fsp3) is 0.222. The Bertz CT molecular complexity index is 1040. The lowest BCUT2D eigenvalue weighted by Crippen LogP contribution is -2.37. The van der Waals surface area contributed by atoms with Gasteiger partial charge in [-0.25, -0.2) is 9.97 Å². The number of carbonyl (C=O) groups excluding carboxylic acids is 1. The molecule has 0 bridgehead atoms. The molecule has 0 aliphatic carbocycles. The van der Waals surface area contributed by atoms with Crippen molar-refractivity contribution in [2.75, 3.05) is 12.3 Å². The van der Waals surface area contributed by atoms with Crippen LogP contribution < -0.4 is 11.3 Å². The van der Waals surface area contributed by atoms with E-state index in [0.29, 0.717) is 30.6 Å². The lowest BCUT2D eigenvalue weighted by atomic mass is 10.0. The summed E-state index contributed by atoms with van der Waals surface area (Å²) in [4.78, 5) is 35.3. The van der Waals surface area contributed by atoms with Crippen LogP contribution >= 0.6 is 11.3 Å². The molecule has 132 valence electrons. The van der Waals surface area contributed by atoms with Crippen molar-refractivity contribution in [3.05, 3.63) is 62.5 Å². The van der Waals surface area contributed by atoms with Gasteiger partial charge < -0.3 is 15.2 Å². The Morgan fingerprint density at radius 3 is 3.00 bits per heavy atom. The summed E-state index contributed by atoms with van der Waals surface area (Å²) >= 11 is 1.53. The summed E-state index contributed by atoms with van der Waals surface area (Å²) in [6, 6.07) is 3.43. The Hall–Kier alpha value is -3.00. The molecule has 3 aromatic heterocycles. The van der Waals surface area contributed by atoms with Crippen molar-refractivity contribution >= 4 is 23.2 Å². The molecule has 7 nitrogen and oxygen atoms in total. The van der Waals surface area contributed by atoms with E-state index in [-0.39, 0.29) is 17.4 Å². The third kappa shape index (κ3) is 2.88. The second kappa shape index (κ2) is 6.38. The van der Waals surface area contributed by atoms with E-state index in [4.69, 9.17) is 5.73 Å². The van der Waals surface area contributed by atoms with Gasteiger partial charge in [-0.1, -0.05) is 0 Å². The number of nitrogen functional groups attached to an aromatic ring is 1. The van der Waals surface area contributed by atoms with Crippen LogP contribution in [0.25, 0.3) is 11.1 Å². The zero-order chi connectivity index (χ0) is 18.3. The number of nitrogens with zero attached hydrogens (tertiary/aromatic N) is 4. The molecule has 0 saturated carbocycles. The molecule has 3 aromatic rings. The van der Waals surface area contributed by atoms with E-state index in [1.807, 2.05) is 16.8 Å². The second-order valence-corrected chi connectivity index (χ2v) is 7.02. The van der Waals surface area contributed by atoms with Crippen LogP contribution in [0.15, 0.2) is 40.1 Å². The average Bonchev–Trinajstić information content (AvgIpc) is 3.17. The molecule has 0 saturated heterocycles. The molecule has 1 amide bonds. The molecule has 0 atom stereocenters. The van der Waals surface area contributed by atoms with Gasteiger partial charge in [0.05, 0.1) is 17.8 Å². The van der Waals surface area contributed by atoms with Crippen molar-refractivity contribution in [3.8, 4) is 11.1 Å². The van der Waals surface area contributed by atoms with Crippen LogP contribution in [0.4, 0.5) is 5.95 Å². The Balaban J connectivity index is 1.73. The SMILES string of the molecule is Cn1cc(C(=O)N2CCc3cnc(N)nc3C2)c(-c2ccsc2)cc1=O. The number of amides is 1. The van der Waals surface area contributed by atoms with E-state index in [1.54, 1.807) is 24.3 Å². The maximum Gasteiger partial charge on any atom is 0.256 e. The number of nitrogens with two attached hydrogens (primary N) is 1. The van der Waals surface area contributed by atoms with Crippen molar-refractivity contribution in [1.82, 2.24) is 19.4 Å². The van der Waals surface area contributed by atoms with Crippen molar-refractivity contribution < 1.29 is 4.79 Å². The number of aromatic nitrogens is 3. The second-order valence-electron chi connectivity index (χ2n) is 6.24. The highest BCUT2D eigenvalue weighted by atomic mass is 32.1. The zero-order valence-corrected chi connectivity index (χ0v) is 15.0. The lowest BCUT2D eigenvalue weighted by Gasteiger charge is -2.28. The van der Waals surface area contributed by atoms with E-state index in [9.17, 15) is 9.59 Å². The maximum absolute atomic E-state index is 13.2. The van der Waals surface area contributed by atoms with Gasteiger partial charge in [-0.2, -0.15) is 11.3 Å². The molecule has 0 aromatic carbocycles. The van der Waals surface area contributed by atoms with Gasteiger partial charge in [0.15, 0.2) is 0 Å².